The quantitative estimate of drug-likeness (QED) is 0.285. The Morgan fingerprint density at radius 1 is 1.37 bits per heavy atom. The summed E-state index contributed by atoms with van der Waals surface area (Å²) in [5.74, 6) is -0.730. The molecule has 1 heterocycles. The smallest absolute Gasteiger partial charge is 0.748 e. The Morgan fingerprint density at radius 3 is 2.32 bits per heavy atom. The summed E-state index contributed by atoms with van der Waals surface area (Å²) >= 11 is 0. The molecule has 1 unspecified atom stereocenters. The van der Waals surface area contributed by atoms with Crippen LogP contribution in [0.2, 0.25) is 0 Å². The molecule has 1 aliphatic rings. The van der Waals surface area contributed by atoms with Gasteiger partial charge >= 0.3 is 29.6 Å². The van der Waals surface area contributed by atoms with Gasteiger partial charge in [0.1, 0.15) is 0 Å². The summed E-state index contributed by atoms with van der Waals surface area (Å²) in [5.41, 5.74) is 0. The summed E-state index contributed by atoms with van der Waals surface area (Å²) in [6.45, 7) is 6.46. The van der Waals surface area contributed by atoms with E-state index in [0.717, 1.165) is 13.1 Å². The van der Waals surface area contributed by atoms with Gasteiger partial charge in [-0.1, -0.05) is 6.58 Å². The van der Waals surface area contributed by atoms with Crippen LogP contribution in [0.5, 0.6) is 0 Å². The molecule has 0 saturated carbocycles. The Hall–Kier alpha value is 0.240. The zero-order chi connectivity index (χ0) is 13.8. The zero-order valence-electron chi connectivity index (χ0n) is 11.5. The second-order valence-electron chi connectivity index (χ2n) is 4.51. The molecule has 0 N–H and O–H groups in total. The number of carbonyl (C=O) groups is 1. The Labute approximate surface area is 136 Å². The number of piperazine rings is 1. The Kier molecular flexibility index (Phi) is 8.62. The fourth-order valence-electron chi connectivity index (χ4n) is 2.03. The average molecular weight is 298 g/mol. The monoisotopic (exact) mass is 298 g/mol. The van der Waals surface area contributed by atoms with Gasteiger partial charge in [0, 0.05) is 31.9 Å². The molecule has 8 heteroatoms. The molecule has 0 aromatic carbocycles. The molecule has 0 bridgehead atoms. The molecule has 1 atom stereocenters. The maximum Gasteiger partial charge on any atom is 1.00 e. The first-order chi connectivity index (χ1) is 8.33. The van der Waals surface area contributed by atoms with Crippen LogP contribution in [-0.2, 0) is 14.9 Å². The number of nitrogens with zero attached hydrogens (tertiary/aromatic N) is 2. The predicted octanol–water partition coefficient (Wildman–Crippen LogP) is -3.70. The van der Waals surface area contributed by atoms with Gasteiger partial charge in [0.25, 0.3) is 0 Å². The molecular weight excluding hydrogens is 279 g/mol. The third-order valence-electron chi connectivity index (χ3n) is 3.15. The van der Waals surface area contributed by atoms with Crippen molar-refractivity contribution in [3.63, 3.8) is 0 Å². The van der Waals surface area contributed by atoms with Crippen molar-refractivity contribution in [2.45, 2.75) is 12.5 Å². The van der Waals surface area contributed by atoms with Crippen molar-refractivity contribution in [3.05, 3.63) is 12.7 Å². The van der Waals surface area contributed by atoms with Crippen molar-refractivity contribution < 1.29 is 47.3 Å². The Balaban J connectivity index is 0.00000324. The van der Waals surface area contributed by atoms with E-state index >= 15 is 0 Å². The number of carbonyl (C=O) groups excluding carboxylic acids is 1. The standard InChI is InChI=1S/C11H20N2O4S.Na/c1-3-11(14)10(4-9-18(15,16)17)13-7-5-12(2)6-8-13;/h3,10H,1,4-9H2,2H3,(H,15,16,17);/q;+1/p-1. The van der Waals surface area contributed by atoms with Gasteiger partial charge < -0.3 is 9.45 Å². The fraction of sp³-hybridized carbons (Fsp3) is 0.727. The number of hydrogen-bond donors (Lipinski definition) is 0. The van der Waals surface area contributed by atoms with Crippen molar-refractivity contribution >= 4 is 15.9 Å². The third kappa shape index (κ3) is 6.99. The molecule has 0 aliphatic carbocycles. The van der Waals surface area contributed by atoms with E-state index in [0.29, 0.717) is 13.1 Å². The summed E-state index contributed by atoms with van der Waals surface area (Å²) in [6, 6.07) is -0.542. The molecular formula is C11H19N2NaO4S. The van der Waals surface area contributed by atoms with Crippen molar-refractivity contribution in [1.29, 1.82) is 0 Å². The first-order valence-electron chi connectivity index (χ1n) is 5.86. The molecule has 0 radical (unpaired) electrons. The summed E-state index contributed by atoms with van der Waals surface area (Å²) in [6.07, 6.45) is 1.24. The van der Waals surface area contributed by atoms with E-state index in [2.05, 4.69) is 11.5 Å². The largest absolute Gasteiger partial charge is 1.00 e. The Morgan fingerprint density at radius 2 is 1.89 bits per heavy atom. The number of likely N-dealkylation sites (N-methyl/N-ethyl adjacent to an activating group) is 1. The average Bonchev–Trinajstić information content (AvgIpc) is 2.29. The van der Waals surface area contributed by atoms with Gasteiger partial charge in [-0.05, 0) is 19.5 Å². The molecule has 19 heavy (non-hydrogen) atoms. The molecule has 1 rings (SSSR count). The van der Waals surface area contributed by atoms with Crippen LogP contribution in [0, 0.1) is 0 Å². The van der Waals surface area contributed by atoms with E-state index in [4.69, 9.17) is 0 Å². The molecule has 0 aromatic heterocycles. The summed E-state index contributed by atoms with van der Waals surface area (Å²) in [5, 5.41) is 0. The molecule has 1 aliphatic heterocycles. The Bertz CT molecular complexity index is 405. The van der Waals surface area contributed by atoms with Gasteiger partial charge in [0.05, 0.1) is 16.2 Å². The van der Waals surface area contributed by atoms with E-state index in [1.807, 2.05) is 11.9 Å². The number of rotatable bonds is 6. The van der Waals surface area contributed by atoms with Gasteiger partial charge in [-0.3, -0.25) is 9.69 Å². The van der Waals surface area contributed by atoms with E-state index < -0.39 is 21.9 Å². The molecule has 104 valence electrons. The van der Waals surface area contributed by atoms with Crippen molar-refractivity contribution in [2.75, 3.05) is 39.0 Å². The minimum Gasteiger partial charge on any atom is -0.748 e. The van der Waals surface area contributed by atoms with E-state index in [9.17, 15) is 17.8 Å². The van der Waals surface area contributed by atoms with Crippen LogP contribution >= 0.6 is 0 Å². The van der Waals surface area contributed by atoms with Crippen LogP contribution in [0.25, 0.3) is 0 Å². The van der Waals surface area contributed by atoms with Crippen molar-refractivity contribution in [3.8, 4) is 0 Å². The van der Waals surface area contributed by atoms with Crippen LogP contribution in [0.15, 0.2) is 12.7 Å². The fourth-order valence-corrected chi connectivity index (χ4v) is 2.54. The third-order valence-corrected chi connectivity index (χ3v) is 3.89. The van der Waals surface area contributed by atoms with Gasteiger partial charge in [0.2, 0.25) is 0 Å². The van der Waals surface area contributed by atoms with Crippen LogP contribution in [-0.4, -0.2) is 73.6 Å². The SMILES string of the molecule is C=CC(=O)C(CCS(=O)(=O)[O-])N1CCN(C)CC1.[Na+]. The molecule has 6 nitrogen and oxygen atoms in total. The zero-order valence-corrected chi connectivity index (χ0v) is 14.4. The van der Waals surface area contributed by atoms with E-state index in [1.54, 1.807) is 0 Å². The maximum atomic E-state index is 11.7. The first-order valence-corrected chi connectivity index (χ1v) is 7.43. The van der Waals surface area contributed by atoms with Gasteiger partial charge in [-0.25, -0.2) is 8.42 Å². The van der Waals surface area contributed by atoms with Crippen molar-refractivity contribution in [2.24, 2.45) is 0 Å². The normalized spacial score (nSPS) is 19.5. The predicted molar refractivity (Wildman–Crippen MR) is 67.2 cm³/mol. The summed E-state index contributed by atoms with van der Waals surface area (Å²) in [4.78, 5) is 15.8. The van der Waals surface area contributed by atoms with Gasteiger partial charge in [-0.2, -0.15) is 0 Å². The molecule has 0 amide bonds. The second kappa shape index (κ2) is 8.51. The molecule has 0 spiro atoms. The van der Waals surface area contributed by atoms with Crippen LogP contribution in [0.4, 0.5) is 0 Å². The van der Waals surface area contributed by atoms with E-state index in [-0.39, 0.29) is 41.8 Å². The first kappa shape index (κ1) is 19.2. The second-order valence-corrected chi connectivity index (χ2v) is 6.04. The van der Waals surface area contributed by atoms with Crippen LogP contribution in [0.3, 0.4) is 0 Å². The van der Waals surface area contributed by atoms with Gasteiger partial charge in [0.15, 0.2) is 5.78 Å². The molecule has 1 saturated heterocycles. The van der Waals surface area contributed by atoms with E-state index in [1.165, 1.54) is 6.08 Å². The topological polar surface area (TPSA) is 80.7 Å². The number of hydrogen-bond acceptors (Lipinski definition) is 6. The van der Waals surface area contributed by atoms with Gasteiger partial charge in [-0.15, -0.1) is 0 Å². The summed E-state index contributed by atoms with van der Waals surface area (Å²) < 4.78 is 32.0. The molecule has 1 fully saturated rings. The minimum absolute atomic E-state index is 0. The number of ketones is 1. The maximum absolute atomic E-state index is 11.7. The van der Waals surface area contributed by atoms with Crippen LogP contribution < -0.4 is 29.6 Å². The minimum atomic E-state index is -4.28. The molecule has 0 aromatic rings. The van der Waals surface area contributed by atoms with Crippen molar-refractivity contribution in [1.82, 2.24) is 9.80 Å². The summed E-state index contributed by atoms with van der Waals surface area (Å²) in [7, 11) is -2.29. The van der Waals surface area contributed by atoms with Crippen LogP contribution in [0.1, 0.15) is 6.42 Å².